The van der Waals surface area contributed by atoms with Crippen molar-refractivity contribution in [3.63, 3.8) is 0 Å². The molecule has 0 aliphatic heterocycles. The molecule has 0 unspecified atom stereocenters. The summed E-state index contributed by atoms with van der Waals surface area (Å²) in [7, 11) is 3.68. The fourth-order valence-electron chi connectivity index (χ4n) is 2.08. The Hall–Kier alpha value is -2.24. The maximum absolute atomic E-state index is 11.3. The lowest BCUT2D eigenvalue weighted by atomic mass is 10.2. The molecule has 2 aromatic rings. The molecule has 20 heavy (non-hydrogen) atoms. The molecule has 0 bridgehead atoms. The van der Waals surface area contributed by atoms with Crippen LogP contribution in [0, 0.1) is 13.8 Å². The first-order valence-corrected chi connectivity index (χ1v) is 6.60. The minimum absolute atomic E-state index is 0.0609. The fraction of sp³-hybridized carbons (Fsp3) is 0.429. The summed E-state index contributed by atoms with van der Waals surface area (Å²) in [6.07, 6.45) is 3.56. The van der Waals surface area contributed by atoms with Crippen LogP contribution in [0.15, 0.2) is 18.5 Å². The number of likely N-dealkylation sites (N-methyl/N-ethyl adjacent to an activating group) is 1. The minimum Gasteiger partial charge on any atom is -0.378 e. The van der Waals surface area contributed by atoms with Gasteiger partial charge in [-0.1, -0.05) is 0 Å². The van der Waals surface area contributed by atoms with Gasteiger partial charge < -0.3 is 15.2 Å². The van der Waals surface area contributed by atoms with E-state index in [-0.39, 0.29) is 12.5 Å². The van der Waals surface area contributed by atoms with Crippen molar-refractivity contribution in [1.82, 2.24) is 19.7 Å². The van der Waals surface area contributed by atoms with Gasteiger partial charge in [-0.05, 0) is 25.5 Å². The van der Waals surface area contributed by atoms with Crippen molar-refractivity contribution in [2.24, 2.45) is 7.05 Å². The summed E-state index contributed by atoms with van der Waals surface area (Å²) in [6.45, 7) is 5.19. The number of aryl methyl sites for hydroxylation is 1. The topological polar surface area (TPSA) is 63.9 Å². The normalized spacial score (nSPS) is 10.6. The molecule has 0 radical (unpaired) electrons. The lowest BCUT2D eigenvalue weighted by Gasteiger charge is -2.04. The van der Waals surface area contributed by atoms with Crippen LogP contribution in [-0.2, 0) is 24.9 Å². The van der Waals surface area contributed by atoms with Crippen LogP contribution in [0.3, 0.4) is 0 Å². The zero-order chi connectivity index (χ0) is 14.7. The van der Waals surface area contributed by atoms with E-state index in [2.05, 4.69) is 47.3 Å². The third-order valence-corrected chi connectivity index (χ3v) is 3.58. The van der Waals surface area contributed by atoms with Crippen LogP contribution in [0.2, 0.25) is 0 Å². The highest BCUT2D eigenvalue weighted by Crippen LogP contribution is 2.15. The Morgan fingerprint density at radius 2 is 2.15 bits per heavy atom. The first kappa shape index (κ1) is 14.2. The molecule has 0 aliphatic rings. The molecule has 0 saturated carbocycles. The number of nitrogens with one attached hydrogen (secondary N) is 2. The second kappa shape index (κ2) is 5.81. The molecule has 0 fully saturated rings. The maximum Gasteiger partial charge on any atom is 0.241 e. The van der Waals surface area contributed by atoms with Gasteiger partial charge in [-0.25, -0.2) is 0 Å². The number of rotatable bonds is 5. The third kappa shape index (κ3) is 3.01. The number of hydrogen-bond acceptors (Lipinski definition) is 3. The van der Waals surface area contributed by atoms with Crippen LogP contribution < -0.4 is 10.6 Å². The van der Waals surface area contributed by atoms with E-state index in [1.165, 1.54) is 17.0 Å². The Balaban J connectivity index is 1.97. The van der Waals surface area contributed by atoms with Gasteiger partial charge in [-0.2, -0.15) is 5.10 Å². The molecule has 0 atom stereocenters. The van der Waals surface area contributed by atoms with Crippen LogP contribution in [0.4, 0.5) is 5.69 Å². The fourth-order valence-corrected chi connectivity index (χ4v) is 2.08. The van der Waals surface area contributed by atoms with Crippen molar-refractivity contribution in [3.8, 4) is 0 Å². The summed E-state index contributed by atoms with van der Waals surface area (Å²) < 4.78 is 3.79. The van der Waals surface area contributed by atoms with Crippen LogP contribution in [0.1, 0.15) is 17.0 Å². The average Bonchev–Trinajstić information content (AvgIpc) is 2.97. The van der Waals surface area contributed by atoms with E-state index in [0.717, 1.165) is 12.2 Å². The first-order chi connectivity index (χ1) is 9.51. The molecule has 6 nitrogen and oxygen atoms in total. The zero-order valence-corrected chi connectivity index (χ0v) is 12.4. The molecule has 0 spiro atoms. The van der Waals surface area contributed by atoms with E-state index in [1.54, 1.807) is 17.9 Å². The van der Waals surface area contributed by atoms with Crippen LogP contribution in [-0.4, -0.2) is 27.3 Å². The van der Waals surface area contributed by atoms with Crippen molar-refractivity contribution in [2.75, 3.05) is 12.4 Å². The van der Waals surface area contributed by atoms with Crippen molar-refractivity contribution < 1.29 is 4.79 Å². The maximum atomic E-state index is 11.3. The monoisotopic (exact) mass is 275 g/mol. The molecule has 108 valence electrons. The number of nitrogens with zero attached hydrogens (tertiary/aromatic N) is 3. The number of aromatic nitrogens is 3. The Morgan fingerprint density at radius 1 is 1.40 bits per heavy atom. The summed E-state index contributed by atoms with van der Waals surface area (Å²) in [5.74, 6) is -0.0609. The summed E-state index contributed by atoms with van der Waals surface area (Å²) >= 11 is 0. The van der Waals surface area contributed by atoms with Crippen molar-refractivity contribution in [2.45, 2.75) is 26.9 Å². The highest BCUT2D eigenvalue weighted by Gasteiger charge is 2.07. The highest BCUT2D eigenvalue weighted by atomic mass is 16.1. The Kier molecular flexibility index (Phi) is 4.12. The van der Waals surface area contributed by atoms with Gasteiger partial charge in [0.1, 0.15) is 6.54 Å². The highest BCUT2D eigenvalue weighted by molar-refractivity contribution is 5.75. The average molecular weight is 275 g/mol. The molecule has 2 aromatic heterocycles. The summed E-state index contributed by atoms with van der Waals surface area (Å²) in [4.78, 5) is 11.3. The first-order valence-electron chi connectivity index (χ1n) is 6.60. The third-order valence-electron chi connectivity index (χ3n) is 3.58. The summed E-state index contributed by atoms with van der Waals surface area (Å²) in [5, 5.41) is 10.0. The summed E-state index contributed by atoms with van der Waals surface area (Å²) in [6, 6.07) is 2.18. The van der Waals surface area contributed by atoms with Crippen LogP contribution >= 0.6 is 0 Å². The Bertz CT molecular complexity index is 611. The van der Waals surface area contributed by atoms with Crippen molar-refractivity contribution in [3.05, 3.63) is 35.4 Å². The smallest absolute Gasteiger partial charge is 0.241 e. The molecule has 1 amide bonds. The van der Waals surface area contributed by atoms with Crippen molar-refractivity contribution >= 4 is 11.6 Å². The quantitative estimate of drug-likeness (QED) is 0.861. The molecule has 2 heterocycles. The predicted octanol–water partition coefficient (Wildman–Crippen LogP) is 1.20. The van der Waals surface area contributed by atoms with Gasteiger partial charge in [0.05, 0.1) is 11.9 Å². The number of carbonyl (C=O) groups excluding carboxylic acids is 1. The zero-order valence-electron chi connectivity index (χ0n) is 12.4. The van der Waals surface area contributed by atoms with E-state index >= 15 is 0 Å². The van der Waals surface area contributed by atoms with E-state index in [4.69, 9.17) is 0 Å². The second-order valence-corrected chi connectivity index (χ2v) is 4.91. The van der Waals surface area contributed by atoms with E-state index in [1.807, 2.05) is 6.20 Å². The van der Waals surface area contributed by atoms with E-state index < -0.39 is 0 Å². The Labute approximate surface area is 118 Å². The summed E-state index contributed by atoms with van der Waals surface area (Å²) in [5.41, 5.74) is 4.68. The predicted molar refractivity (Wildman–Crippen MR) is 78.5 cm³/mol. The Morgan fingerprint density at radius 3 is 2.75 bits per heavy atom. The van der Waals surface area contributed by atoms with Gasteiger partial charge in [0.15, 0.2) is 0 Å². The molecule has 0 aromatic carbocycles. The van der Waals surface area contributed by atoms with Crippen LogP contribution in [0.5, 0.6) is 0 Å². The van der Waals surface area contributed by atoms with Gasteiger partial charge in [-0.15, -0.1) is 0 Å². The number of anilines is 1. The largest absolute Gasteiger partial charge is 0.378 e. The molecular formula is C14H21N5O. The number of carbonyl (C=O) groups is 1. The van der Waals surface area contributed by atoms with Crippen LogP contribution in [0.25, 0.3) is 0 Å². The molecule has 2 N–H and O–H groups in total. The number of hydrogen-bond donors (Lipinski definition) is 2. The molecule has 0 aliphatic carbocycles. The molecule has 0 saturated heterocycles. The molecule has 2 rings (SSSR count). The lowest BCUT2D eigenvalue weighted by Crippen LogP contribution is -2.23. The minimum atomic E-state index is -0.0609. The van der Waals surface area contributed by atoms with Gasteiger partial charge in [0.25, 0.3) is 0 Å². The molecule has 6 heteroatoms. The lowest BCUT2D eigenvalue weighted by molar-refractivity contribution is -0.121. The van der Waals surface area contributed by atoms with Crippen molar-refractivity contribution in [1.29, 1.82) is 0 Å². The van der Waals surface area contributed by atoms with Gasteiger partial charge in [0, 0.05) is 38.2 Å². The van der Waals surface area contributed by atoms with Gasteiger partial charge in [0.2, 0.25) is 5.91 Å². The molecular weight excluding hydrogens is 254 g/mol. The SMILES string of the molecule is CNC(=O)Cn1cc(NCc2cc(C)n(C)c2C)cn1. The van der Waals surface area contributed by atoms with E-state index in [9.17, 15) is 4.79 Å². The van der Waals surface area contributed by atoms with Gasteiger partial charge in [-0.3, -0.25) is 9.48 Å². The van der Waals surface area contributed by atoms with E-state index in [0.29, 0.717) is 0 Å². The number of amides is 1. The standard InChI is InChI=1S/C14H21N5O/c1-10-5-12(11(2)18(10)4)6-16-13-7-17-19(8-13)9-14(20)15-3/h5,7-8,16H,6,9H2,1-4H3,(H,15,20). The second-order valence-electron chi connectivity index (χ2n) is 4.91. The van der Waals surface area contributed by atoms with Gasteiger partial charge >= 0.3 is 0 Å².